The maximum absolute atomic E-state index is 13.6. The van der Waals surface area contributed by atoms with Crippen LogP contribution in [0.5, 0.6) is 0 Å². The molecule has 0 aromatic heterocycles. The van der Waals surface area contributed by atoms with Gasteiger partial charge >= 0.3 is 17.4 Å². The lowest BCUT2D eigenvalue weighted by atomic mass is 10.1. The quantitative estimate of drug-likeness (QED) is 0.365. The van der Waals surface area contributed by atoms with E-state index < -0.39 is 51.5 Å². The molecule has 0 bridgehead atoms. The Kier molecular flexibility index (Phi) is 6.00. The van der Waals surface area contributed by atoms with E-state index in [0.29, 0.717) is 7.11 Å². The van der Waals surface area contributed by atoms with Gasteiger partial charge in [0.2, 0.25) is 5.92 Å². The van der Waals surface area contributed by atoms with Gasteiger partial charge < -0.3 is 9.84 Å². The standard InChI is InChI=1S/C10H11F5O4S/c1-4(16)6(5(2)17)20-10(14,15)7(8(18)19-3)9(11,12)13/h7,16H,1-3H3/t7-/m0/s1. The van der Waals surface area contributed by atoms with Gasteiger partial charge in [0.1, 0.15) is 5.76 Å². The smallest absolute Gasteiger partial charge is 0.409 e. The number of halogens is 5. The zero-order valence-electron chi connectivity index (χ0n) is 10.5. The van der Waals surface area contributed by atoms with E-state index in [1.807, 2.05) is 0 Å². The van der Waals surface area contributed by atoms with Crippen LogP contribution in [0.3, 0.4) is 0 Å². The van der Waals surface area contributed by atoms with Gasteiger partial charge in [-0.15, -0.1) is 0 Å². The SMILES string of the molecule is COC(=O)[C@@H](C(F)(F)F)C(F)(F)SC(C(C)=O)=C(C)O. The Morgan fingerprint density at radius 1 is 1.15 bits per heavy atom. The van der Waals surface area contributed by atoms with Gasteiger partial charge in [-0.2, -0.15) is 22.0 Å². The van der Waals surface area contributed by atoms with E-state index in [9.17, 15) is 31.5 Å². The van der Waals surface area contributed by atoms with E-state index in [4.69, 9.17) is 5.11 Å². The molecule has 116 valence electrons. The molecule has 0 unspecified atom stereocenters. The number of hydrogen-bond acceptors (Lipinski definition) is 5. The number of aliphatic hydroxyl groups excluding tert-OH is 1. The Labute approximate surface area is 115 Å². The molecule has 0 aliphatic carbocycles. The fourth-order valence-corrected chi connectivity index (χ4v) is 2.09. The molecule has 1 N–H and O–H groups in total. The summed E-state index contributed by atoms with van der Waals surface area (Å²) in [7, 11) is 0.529. The highest BCUT2D eigenvalue weighted by Gasteiger charge is 2.62. The molecular formula is C10H11F5O4S. The number of aliphatic hydroxyl groups is 1. The van der Waals surface area contributed by atoms with Gasteiger partial charge in [0.15, 0.2) is 5.78 Å². The van der Waals surface area contributed by atoms with Crippen molar-refractivity contribution in [1.29, 1.82) is 0 Å². The summed E-state index contributed by atoms with van der Waals surface area (Å²) in [6.07, 6.45) is -5.57. The molecule has 0 saturated carbocycles. The first-order valence-electron chi connectivity index (χ1n) is 4.96. The number of alkyl halides is 5. The molecule has 0 heterocycles. The summed E-state index contributed by atoms with van der Waals surface area (Å²) in [5.41, 5.74) is 0. The highest BCUT2D eigenvalue weighted by Crippen LogP contribution is 2.48. The predicted molar refractivity (Wildman–Crippen MR) is 60.1 cm³/mol. The number of rotatable bonds is 5. The van der Waals surface area contributed by atoms with Crippen LogP contribution < -0.4 is 0 Å². The van der Waals surface area contributed by atoms with Gasteiger partial charge in [0, 0.05) is 0 Å². The average Bonchev–Trinajstić information content (AvgIpc) is 2.22. The Balaban J connectivity index is 5.62. The topological polar surface area (TPSA) is 63.6 Å². The van der Waals surface area contributed by atoms with Crippen LogP contribution in [0.1, 0.15) is 13.8 Å². The number of esters is 1. The van der Waals surface area contributed by atoms with E-state index in [2.05, 4.69) is 4.74 Å². The molecule has 0 rings (SSSR count). The van der Waals surface area contributed by atoms with Crippen LogP contribution in [-0.2, 0) is 14.3 Å². The molecule has 0 aromatic rings. The van der Waals surface area contributed by atoms with Crippen molar-refractivity contribution in [3.05, 3.63) is 10.7 Å². The van der Waals surface area contributed by atoms with Crippen molar-refractivity contribution >= 4 is 23.5 Å². The van der Waals surface area contributed by atoms with Crippen LogP contribution in [0.15, 0.2) is 10.7 Å². The van der Waals surface area contributed by atoms with E-state index >= 15 is 0 Å². The third-order valence-corrected chi connectivity index (χ3v) is 3.28. The van der Waals surface area contributed by atoms with Crippen LogP contribution in [0.2, 0.25) is 0 Å². The molecule has 0 saturated heterocycles. The lowest BCUT2D eigenvalue weighted by Crippen LogP contribution is -2.44. The highest BCUT2D eigenvalue weighted by molar-refractivity contribution is 8.05. The lowest BCUT2D eigenvalue weighted by molar-refractivity contribution is -0.224. The zero-order chi connectivity index (χ0) is 16.3. The molecule has 0 fully saturated rings. The summed E-state index contributed by atoms with van der Waals surface area (Å²) in [6.45, 7) is 1.65. The molecule has 0 amide bonds. The van der Waals surface area contributed by atoms with Crippen LogP contribution in [0, 0.1) is 5.92 Å². The first kappa shape index (κ1) is 18.7. The van der Waals surface area contributed by atoms with Gasteiger partial charge in [-0.05, 0) is 25.6 Å². The molecule has 0 aliphatic heterocycles. The van der Waals surface area contributed by atoms with Crippen molar-refractivity contribution < 1.29 is 41.4 Å². The third-order valence-electron chi connectivity index (χ3n) is 1.99. The number of ether oxygens (including phenoxy) is 1. The van der Waals surface area contributed by atoms with E-state index in [-0.39, 0.29) is 0 Å². The summed E-state index contributed by atoms with van der Waals surface area (Å²) >= 11 is -0.832. The molecule has 0 spiro atoms. The largest absolute Gasteiger partial charge is 0.511 e. The number of carbonyl (C=O) groups excluding carboxylic acids is 2. The van der Waals surface area contributed by atoms with Crippen molar-refractivity contribution in [2.24, 2.45) is 5.92 Å². The molecule has 0 aliphatic rings. The van der Waals surface area contributed by atoms with Gasteiger partial charge in [0.25, 0.3) is 0 Å². The Morgan fingerprint density at radius 3 is 1.85 bits per heavy atom. The van der Waals surface area contributed by atoms with Crippen molar-refractivity contribution in [1.82, 2.24) is 0 Å². The second kappa shape index (κ2) is 6.42. The van der Waals surface area contributed by atoms with Gasteiger partial charge in [-0.25, -0.2) is 0 Å². The first-order valence-corrected chi connectivity index (χ1v) is 5.78. The Hall–Kier alpha value is -1.32. The maximum atomic E-state index is 13.6. The Morgan fingerprint density at radius 2 is 1.60 bits per heavy atom. The van der Waals surface area contributed by atoms with Crippen LogP contribution in [0.4, 0.5) is 22.0 Å². The molecule has 0 aromatic carbocycles. The Bertz CT molecular complexity index is 426. The highest BCUT2D eigenvalue weighted by atomic mass is 32.2. The number of ketones is 1. The average molecular weight is 322 g/mol. The number of thioether (sulfide) groups is 1. The lowest BCUT2D eigenvalue weighted by Gasteiger charge is -2.26. The minimum atomic E-state index is -5.57. The normalized spacial score (nSPS) is 15.4. The first-order chi connectivity index (χ1) is 8.84. The monoisotopic (exact) mass is 322 g/mol. The van der Waals surface area contributed by atoms with E-state index in [0.717, 1.165) is 13.8 Å². The second-order valence-electron chi connectivity index (χ2n) is 3.63. The van der Waals surface area contributed by atoms with Crippen molar-refractivity contribution in [2.75, 3.05) is 7.11 Å². The maximum Gasteiger partial charge on any atom is 0.409 e. The number of Topliss-reactive ketones (excluding diaryl/α,β-unsaturated/α-hetero) is 1. The van der Waals surface area contributed by atoms with E-state index in [1.54, 1.807) is 0 Å². The summed E-state index contributed by atoms with van der Waals surface area (Å²) in [6, 6.07) is 0. The zero-order valence-corrected chi connectivity index (χ0v) is 11.4. The van der Waals surface area contributed by atoms with Gasteiger partial charge in [-0.3, -0.25) is 9.59 Å². The number of methoxy groups -OCH3 is 1. The minimum Gasteiger partial charge on any atom is -0.511 e. The molecule has 1 atom stereocenters. The fraction of sp³-hybridized carbons (Fsp3) is 0.600. The number of hydrogen-bond donors (Lipinski definition) is 1. The summed E-state index contributed by atoms with van der Waals surface area (Å²) < 4.78 is 68.6. The molecular weight excluding hydrogens is 311 g/mol. The molecule has 4 nitrogen and oxygen atoms in total. The molecule has 10 heteroatoms. The van der Waals surface area contributed by atoms with Crippen LogP contribution >= 0.6 is 11.8 Å². The second-order valence-corrected chi connectivity index (χ2v) is 4.79. The summed E-state index contributed by atoms with van der Waals surface area (Å²) in [4.78, 5) is 21.0. The van der Waals surface area contributed by atoms with Crippen molar-refractivity contribution in [2.45, 2.75) is 25.3 Å². The van der Waals surface area contributed by atoms with Crippen LogP contribution in [-0.4, -0.2) is 35.4 Å². The number of allylic oxidation sites excluding steroid dienone is 2. The van der Waals surface area contributed by atoms with Gasteiger partial charge in [-0.1, -0.05) is 0 Å². The van der Waals surface area contributed by atoms with Gasteiger partial charge in [0.05, 0.1) is 12.0 Å². The summed E-state index contributed by atoms with van der Waals surface area (Å²) in [5, 5.41) is 4.32. The predicted octanol–water partition coefficient (Wildman–Crippen LogP) is 3.04. The molecule has 0 radical (unpaired) electrons. The fourth-order valence-electron chi connectivity index (χ4n) is 1.17. The van der Waals surface area contributed by atoms with Crippen molar-refractivity contribution in [3.8, 4) is 0 Å². The summed E-state index contributed by atoms with van der Waals surface area (Å²) in [5.74, 6) is -7.86. The van der Waals surface area contributed by atoms with Crippen molar-refractivity contribution in [3.63, 3.8) is 0 Å². The number of carbonyl (C=O) groups is 2. The third kappa shape index (κ3) is 4.66. The van der Waals surface area contributed by atoms with E-state index in [1.165, 1.54) is 0 Å². The molecule has 20 heavy (non-hydrogen) atoms. The van der Waals surface area contributed by atoms with Crippen LogP contribution in [0.25, 0.3) is 0 Å². The minimum absolute atomic E-state index is 0.529.